The quantitative estimate of drug-likeness (QED) is 0.470. The second-order valence-electron chi connectivity index (χ2n) is 9.56. The molecule has 2 fully saturated rings. The Morgan fingerprint density at radius 3 is 2.72 bits per heavy atom. The summed E-state index contributed by atoms with van der Waals surface area (Å²) in [5.41, 5.74) is 0.948. The highest BCUT2D eigenvalue weighted by molar-refractivity contribution is 9.10. The number of nitrogens with one attached hydrogen (secondary N) is 2. The van der Waals surface area contributed by atoms with Crippen LogP contribution in [0.25, 0.3) is 0 Å². The molecule has 0 bridgehead atoms. The van der Waals surface area contributed by atoms with Gasteiger partial charge in [0.05, 0.1) is 18.0 Å². The summed E-state index contributed by atoms with van der Waals surface area (Å²) in [5, 5.41) is 12.7. The van der Waals surface area contributed by atoms with Gasteiger partial charge < -0.3 is 20.3 Å². The molecule has 2 amide bonds. The highest BCUT2D eigenvalue weighted by Crippen LogP contribution is 2.34. The van der Waals surface area contributed by atoms with E-state index in [9.17, 15) is 9.59 Å². The van der Waals surface area contributed by atoms with Crippen molar-refractivity contribution in [3.63, 3.8) is 0 Å². The Balaban J connectivity index is 0.00000148. The maximum absolute atomic E-state index is 13.1. The van der Waals surface area contributed by atoms with Crippen LogP contribution in [-0.2, 0) is 11.3 Å². The van der Waals surface area contributed by atoms with Crippen molar-refractivity contribution in [3.8, 4) is 12.5 Å². The molecule has 2 saturated carbocycles. The minimum atomic E-state index is -0.462. The van der Waals surface area contributed by atoms with E-state index < -0.39 is 6.04 Å². The van der Waals surface area contributed by atoms with Crippen LogP contribution >= 0.6 is 27.3 Å². The van der Waals surface area contributed by atoms with Crippen LogP contribution in [0.5, 0.6) is 5.88 Å². The van der Waals surface area contributed by atoms with Crippen molar-refractivity contribution in [1.29, 1.82) is 5.26 Å². The molecule has 36 heavy (non-hydrogen) atoms. The third-order valence-electron chi connectivity index (χ3n) is 7.09. The van der Waals surface area contributed by atoms with Crippen LogP contribution in [0.15, 0.2) is 28.9 Å². The predicted octanol–water partition coefficient (Wildman–Crippen LogP) is 4.79. The second-order valence-corrected chi connectivity index (χ2v) is 11.6. The maximum Gasteiger partial charge on any atom is 0.262 e. The number of hydrogen-bond donors (Lipinski definition) is 2. The Morgan fingerprint density at radius 2 is 2.00 bits per heavy atom. The summed E-state index contributed by atoms with van der Waals surface area (Å²) < 4.78 is 6.58. The highest BCUT2D eigenvalue weighted by atomic mass is 79.9. The van der Waals surface area contributed by atoms with Gasteiger partial charge in [-0.25, -0.2) is 10.2 Å². The van der Waals surface area contributed by atoms with E-state index in [1.807, 2.05) is 18.2 Å². The molecule has 0 saturated heterocycles. The Morgan fingerprint density at radius 1 is 1.22 bits per heavy atom. The number of carbonyl (C=O) groups excluding carboxylic acids is 2. The van der Waals surface area contributed by atoms with Crippen molar-refractivity contribution >= 4 is 44.8 Å². The zero-order chi connectivity index (χ0) is 25.5. The second kappa shape index (κ2) is 12.5. The van der Waals surface area contributed by atoms with Gasteiger partial charge in [-0.3, -0.25) is 9.59 Å². The van der Waals surface area contributed by atoms with Crippen LogP contribution in [-0.4, -0.2) is 42.0 Å². The fraction of sp³-hybridized carbons (Fsp3) is 0.538. The maximum atomic E-state index is 13.1. The Bertz CT molecular complexity index is 1080. The molecule has 8 nitrogen and oxygen atoms in total. The van der Waals surface area contributed by atoms with E-state index in [1.165, 1.54) is 30.6 Å². The van der Waals surface area contributed by atoms with Crippen LogP contribution in [0.4, 0.5) is 5.69 Å². The average molecular weight is 575 g/mol. The van der Waals surface area contributed by atoms with E-state index in [2.05, 4.69) is 43.0 Å². The summed E-state index contributed by atoms with van der Waals surface area (Å²) in [5.74, 6) is 0.974. The van der Waals surface area contributed by atoms with Crippen LogP contribution in [0.3, 0.4) is 0 Å². The molecule has 2 aromatic heterocycles. The number of fused-ring (bicyclic) bond motifs is 1. The lowest BCUT2D eigenvalue weighted by molar-refractivity contribution is -0.124. The van der Waals surface area contributed by atoms with Gasteiger partial charge in [0.25, 0.3) is 5.91 Å². The van der Waals surface area contributed by atoms with Crippen LogP contribution in [0, 0.1) is 17.8 Å². The number of hydrogen-bond acceptors (Lipinski definition) is 7. The number of thiophene rings is 1. The number of amides is 2. The number of ether oxygens (including phenoxy) is 1. The number of pyridine rings is 1. The first kappa shape index (κ1) is 26.4. The number of carbonyl (C=O) groups is 2. The lowest BCUT2D eigenvalue weighted by atomic mass is 9.92. The van der Waals surface area contributed by atoms with Gasteiger partial charge in [0.1, 0.15) is 18.3 Å². The van der Waals surface area contributed by atoms with Gasteiger partial charge in [-0.05, 0) is 65.7 Å². The van der Waals surface area contributed by atoms with Gasteiger partial charge in [0.15, 0.2) is 0 Å². The smallest absolute Gasteiger partial charge is 0.262 e. The Labute approximate surface area is 224 Å². The van der Waals surface area contributed by atoms with Crippen molar-refractivity contribution in [1.82, 2.24) is 15.6 Å². The van der Waals surface area contributed by atoms with Crippen molar-refractivity contribution < 1.29 is 14.3 Å². The fourth-order valence-corrected chi connectivity index (χ4v) is 6.20. The lowest BCUT2D eigenvalue weighted by Crippen LogP contribution is -2.51. The number of nitriles is 1. The highest BCUT2D eigenvalue weighted by Gasteiger charge is 2.30. The van der Waals surface area contributed by atoms with Crippen LogP contribution < -0.4 is 20.3 Å². The fourth-order valence-electron chi connectivity index (χ4n) is 4.96. The van der Waals surface area contributed by atoms with Gasteiger partial charge >= 0.3 is 0 Å². The number of nitrogens with zero attached hydrogens (tertiary/aromatic N) is 3. The Kier molecular flexibility index (Phi) is 9.21. The minimum Gasteiger partial charge on any atom is -0.474 e. The molecule has 1 atom stereocenters. The zero-order valence-electron chi connectivity index (χ0n) is 20.2. The summed E-state index contributed by atoms with van der Waals surface area (Å²) in [6.07, 6.45) is 10.5. The molecular weight excluding hydrogens is 542 g/mol. The molecule has 0 spiro atoms. The van der Waals surface area contributed by atoms with Gasteiger partial charge in [0, 0.05) is 28.2 Å². The van der Waals surface area contributed by atoms with E-state index >= 15 is 0 Å². The zero-order valence-corrected chi connectivity index (χ0v) is 22.7. The SMILES string of the molecule is C#N.O=C(NC(CC1CCCC1)C(=O)NC1CCC1)c1ccc(CN2CCOc3ncc(Br)cc32)s1. The third kappa shape index (κ3) is 6.56. The molecule has 192 valence electrons. The van der Waals surface area contributed by atoms with E-state index in [-0.39, 0.29) is 17.9 Å². The first-order chi connectivity index (χ1) is 17.5. The number of rotatable bonds is 8. The number of anilines is 1. The number of aromatic nitrogens is 1. The molecule has 10 heteroatoms. The summed E-state index contributed by atoms with van der Waals surface area (Å²) in [4.78, 5) is 34.4. The normalized spacial score (nSPS) is 18.1. The van der Waals surface area contributed by atoms with Crippen LogP contribution in [0.1, 0.15) is 65.9 Å². The Hall–Kier alpha value is -2.64. The standard InChI is InChI=1S/C25H31BrN4O3S.CHN/c26-17-13-21-25(27-14-17)33-11-10-30(21)15-19-8-9-22(34-19)24(32)29-20(12-16-4-1-2-5-16)23(31)28-18-6-3-7-18;1-2/h8-9,13-14,16,18,20H,1-7,10-12,15H2,(H,28,31)(H,29,32);1H. The number of halogens is 1. The third-order valence-corrected chi connectivity index (χ3v) is 8.59. The first-order valence-corrected chi connectivity index (χ1v) is 14.1. The molecule has 2 aliphatic carbocycles. The molecule has 2 N–H and O–H groups in total. The predicted molar refractivity (Wildman–Crippen MR) is 143 cm³/mol. The van der Waals surface area contributed by atoms with Crippen molar-refractivity contribution in [2.24, 2.45) is 5.92 Å². The van der Waals surface area contributed by atoms with Gasteiger partial charge in [-0.2, -0.15) is 0 Å². The van der Waals surface area contributed by atoms with Gasteiger partial charge in [-0.1, -0.05) is 25.7 Å². The van der Waals surface area contributed by atoms with Gasteiger partial charge in [0.2, 0.25) is 11.8 Å². The molecular formula is C26H32BrN5O3S. The average Bonchev–Trinajstić information content (AvgIpc) is 3.55. The first-order valence-electron chi connectivity index (χ1n) is 12.5. The largest absolute Gasteiger partial charge is 0.474 e. The summed E-state index contributed by atoms with van der Waals surface area (Å²) in [6, 6.07) is 5.69. The van der Waals surface area contributed by atoms with Crippen LogP contribution in [0.2, 0.25) is 0 Å². The monoisotopic (exact) mass is 573 g/mol. The topological polar surface area (TPSA) is 107 Å². The van der Waals surface area contributed by atoms with Crippen molar-refractivity contribution in [2.75, 3.05) is 18.1 Å². The molecule has 3 aliphatic rings. The molecule has 5 rings (SSSR count). The molecule has 1 aliphatic heterocycles. The summed E-state index contributed by atoms with van der Waals surface area (Å²) >= 11 is 4.97. The van der Waals surface area contributed by atoms with Crippen molar-refractivity contribution in [3.05, 3.63) is 38.6 Å². The molecule has 2 aromatic rings. The summed E-state index contributed by atoms with van der Waals surface area (Å²) in [7, 11) is 0. The molecule has 0 radical (unpaired) electrons. The van der Waals surface area contributed by atoms with E-state index in [1.54, 1.807) is 6.20 Å². The van der Waals surface area contributed by atoms with E-state index in [4.69, 9.17) is 10.00 Å². The van der Waals surface area contributed by atoms with E-state index in [0.717, 1.165) is 53.7 Å². The van der Waals surface area contributed by atoms with E-state index in [0.29, 0.717) is 29.8 Å². The summed E-state index contributed by atoms with van der Waals surface area (Å²) in [6.45, 7) is 5.52. The van der Waals surface area contributed by atoms with Crippen molar-refractivity contribution in [2.45, 2.75) is 70.0 Å². The molecule has 3 heterocycles. The molecule has 1 unspecified atom stereocenters. The minimum absolute atomic E-state index is 0.0234. The molecule has 0 aromatic carbocycles. The lowest BCUT2D eigenvalue weighted by Gasteiger charge is -2.30. The van der Waals surface area contributed by atoms with Gasteiger partial charge in [-0.15, -0.1) is 11.3 Å².